The predicted molar refractivity (Wildman–Crippen MR) is 89.8 cm³/mol. The largest absolute Gasteiger partial charge is 0.314 e. The lowest BCUT2D eigenvalue weighted by molar-refractivity contribution is 0.114. The molecular formula is C17H28ClN3. The van der Waals surface area contributed by atoms with Gasteiger partial charge in [-0.25, -0.2) is 0 Å². The monoisotopic (exact) mass is 309 g/mol. The average molecular weight is 310 g/mol. The van der Waals surface area contributed by atoms with Crippen molar-refractivity contribution in [3.63, 3.8) is 0 Å². The molecule has 3 rings (SSSR count). The minimum absolute atomic E-state index is 0. The van der Waals surface area contributed by atoms with Crippen LogP contribution in [0, 0.1) is 11.8 Å². The summed E-state index contributed by atoms with van der Waals surface area (Å²) >= 11 is 0. The van der Waals surface area contributed by atoms with Crippen molar-refractivity contribution in [2.45, 2.75) is 38.6 Å². The molecule has 21 heavy (non-hydrogen) atoms. The standard InChI is InChI=1S/C17H27N3.ClH/c1-14-4-2-5-15(10-14)13-20-9-8-19-12-17(20)16-6-3-7-18-11-16;/h3,6-7,11,14-15,17,19H,2,4-5,8-10,12-13H2,1H3;1H. The molecule has 2 aliphatic rings. The number of nitrogens with zero attached hydrogens (tertiary/aromatic N) is 2. The van der Waals surface area contributed by atoms with Crippen molar-refractivity contribution in [3.8, 4) is 0 Å². The van der Waals surface area contributed by atoms with Crippen LogP contribution < -0.4 is 5.32 Å². The summed E-state index contributed by atoms with van der Waals surface area (Å²) in [6.07, 6.45) is 9.61. The normalized spacial score (nSPS) is 30.6. The molecule has 1 aliphatic heterocycles. The van der Waals surface area contributed by atoms with Crippen molar-refractivity contribution >= 4 is 12.4 Å². The van der Waals surface area contributed by atoms with Crippen molar-refractivity contribution in [1.29, 1.82) is 0 Å². The Hall–Kier alpha value is -0.640. The highest BCUT2D eigenvalue weighted by molar-refractivity contribution is 5.85. The minimum atomic E-state index is 0. The van der Waals surface area contributed by atoms with Gasteiger partial charge in [0.2, 0.25) is 0 Å². The van der Waals surface area contributed by atoms with Crippen LogP contribution >= 0.6 is 12.4 Å². The number of hydrogen-bond acceptors (Lipinski definition) is 3. The first-order chi connectivity index (χ1) is 9.83. The van der Waals surface area contributed by atoms with Crippen molar-refractivity contribution in [2.75, 3.05) is 26.2 Å². The van der Waals surface area contributed by atoms with Gasteiger partial charge in [-0.3, -0.25) is 9.88 Å². The molecule has 0 aromatic carbocycles. The Morgan fingerprint density at radius 3 is 3.05 bits per heavy atom. The van der Waals surface area contributed by atoms with E-state index in [9.17, 15) is 0 Å². The predicted octanol–water partition coefficient (Wildman–Crippen LogP) is 3.28. The average Bonchev–Trinajstić information content (AvgIpc) is 2.49. The number of hydrogen-bond donors (Lipinski definition) is 1. The molecule has 1 saturated carbocycles. The van der Waals surface area contributed by atoms with Crippen LogP contribution in [0.25, 0.3) is 0 Å². The van der Waals surface area contributed by atoms with Gasteiger partial charge in [-0.05, 0) is 36.3 Å². The summed E-state index contributed by atoms with van der Waals surface area (Å²) in [5.74, 6) is 1.82. The zero-order valence-electron chi connectivity index (χ0n) is 13.0. The third-order valence-electron chi connectivity index (χ3n) is 4.96. The molecule has 1 aliphatic carbocycles. The van der Waals surface area contributed by atoms with Crippen LogP contribution in [0.3, 0.4) is 0 Å². The molecule has 0 radical (unpaired) electrons. The topological polar surface area (TPSA) is 28.2 Å². The molecule has 3 atom stereocenters. The van der Waals surface area contributed by atoms with Crippen molar-refractivity contribution < 1.29 is 0 Å². The smallest absolute Gasteiger partial charge is 0.0488 e. The first-order valence-electron chi connectivity index (χ1n) is 8.17. The molecule has 118 valence electrons. The zero-order chi connectivity index (χ0) is 13.8. The molecule has 3 unspecified atom stereocenters. The Balaban J connectivity index is 0.00000161. The summed E-state index contributed by atoms with van der Waals surface area (Å²) < 4.78 is 0. The fourth-order valence-electron chi connectivity index (χ4n) is 3.92. The van der Waals surface area contributed by atoms with Gasteiger partial charge in [-0.2, -0.15) is 0 Å². The van der Waals surface area contributed by atoms with E-state index in [-0.39, 0.29) is 12.4 Å². The molecule has 1 aromatic rings. The Morgan fingerprint density at radius 1 is 1.38 bits per heavy atom. The van der Waals surface area contributed by atoms with Crippen LogP contribution in [-0.4, -0.2) is 36.1 Å². The lowest BCUT2D eigenvalue weighted by Crippen LogP contribution is -2.48. The molecule has 2 heterocycles. The van der Waals surface area contributed by atoms with Gasteiger partial charge in [-0.15, -0.1) is 12.4 Å². The Labute approximate surface area is 134 Å². The molecule has 1 aromatic heterocycles. The van der Waals surface area contributed by atoms with E-state index in [0.717, 1.165) is 24.9 Å². The van der Waals surface area contributed by atoms with Gasteiger partial charge >= 0.3 is 0 Å². The quantitative estimate of drug-likeness (QED) is 0.929. The molecule has 4 heteroatoms. The van der Waals surface area contributed by atoms with Crippen LogP contribution in [0.4, 0.5) is 0 Å². The third kappa shape index (κ3) is 4.41. The first kappa shape index (κ1) is 16.7. The molecule has 3 nitrogen and oxygen atoms in total. The van der Waals surface area contributed by atoms with E-state index in [1.807, 2.05) is 12.4 Å². The maximum atomic E-state index is 4.30. The maximum absolute atomic E-state index is 4.30. The summed E-state index contributed by atoms with van der Waals surface area (Å²) in [6, 6.07) is 4.79. The van der Waals surface area contributed by atoms with Gasteiger partial charge in [0.25, 0.3) is 0 Å². The highest BCUT2D eigenvalue weighted by Crippen LogP contribution is 2.31. The number of nitrogens with one attached hydrogen (secondary N) is 1. The summed E-state index contributed by atoms with van der Waals surface area (Å²) in [7, 11) is 0. The molecule has 0 spiro atoms. The van der Waals surface area contributed by atoms with Gasteiger partial charge in [0, 0.05) is 44.6 Å². The second-order valence-corrected chi connectivity index (χ2v) is 6.64. The summed E-state index contributed by atoms with van der Waals surface area (Å²) in [6.45, 7) is 7.05. The van der Waals surface area contributed by atoms with Crippen molar-refractivity contribution in [1.82, 2.24) is 15.2 Å². The van der Waals surface area contributed by atoms with Gasteiger partial charge in [-0.1, -0.05) is 25.8 Å². The Morgan fingerprint density at radius 2 is 2.29 bits per heavy atom. The van der Waals surface area contributed by atoms with Gasteiger partial charge < -0.3 is 5.32 Å². The zero-order valence-corrected chi connectivity index (χ0v) is 13.8. The molecule has 0 amide bonds. The van der Waals surface area contributed by atoms with Gasteiger partial charge in [0.15, 0.2) is 0 Å². The van der Waals surface area contributed by atoms with Gasteiger partial charge in [0.1, 0.15) is 0 Å². The van der Waals surface area contributed by atoms with E-state index in [1.54, 1.807) is 0 Å². The van der Waals surface area contributed by atoms with E-state index in [0.29, 0.717) is 6.04 Å². The minimum Gasteiger partial charge on any atom is -0.314 e. The summed E-state index contributed by atoms with van der Waals surface area (Å²) in [5.41, 5.74) is 1.36. The van der Waals surface area contributed by atoms with Crippen molar-refractivity contribution in [2.24, 2.45) is 11.8 Å². The van der Waals surface area contributed by atoms with Gasteiger partial charge in [0.05, 0.1) is 0 Å². The number of pyridine rings is 1. The molecule has 1 saturated heterocycles. The van der Waals surface area contributed by atoms with Crippen LogP contribution in [0.15, 0.2) is 24.5 Å². The second kappa shape index (κ2) is 8.11. The van der Waals surface area contributed by atoms with E-state index in [2.05, 4.69) is 34.3 Å². The fraction of sp³-hybridized carbons (Fsp3) is 0.706. The van der Waals surface area contributed by atoms with E-state index < -0.39 is 0 Å². The highest BCUT2D eigenvalue weighted by atomic mass is 35.5. The van der Waals surface area contributed by atoms with Crippen LogP contribution in [0.5, 0.6) is 0 Å². The summed E-state index contributed by atoms with van der Waals surface area (Å²) in [4.78, 5) is 6.99. The molecule has 1 N–H and O–H groups in total. The van der Waals surface area contributed by atoms with Crippen molar-refractivity contribution in [3.05, 3.63) is 30.1 Å². The van der Waals surface area contributed by atoms with Crippen LogP contribution in [-0.2, 0) is 0 Å². The maximum Gasteiger partial charge on any atom is 0.0488 e. The SMILES string of the molecule is CC1CCCC(CN2CCNCC2c2cccnc2)C1.Cl. The molecule has 0 bridgehead atoms. The summed E-state index contributed by atoms with van der Waals surface area (Å²) in [5, 5.41) is 3.54. The van der Waals surface area contributed by atoms with E-state index >= 15 is 0 Å². The van der Waals surface area contributed by atoms with Crippen LogP contribution in [0.2, 0.25) is 0 Å². The molecular weight excluding hydrogens is 282 g/mol. The number of rotatable bonds is 3. The lowest BCUT2D eigenvalue weighted by Gasteiger charge is -2.40. The molecule has 2 fully saturated rings. The Kier molecular flexibility index (Phi) is 6.46. The second-order valence-electron chi connectivity index (χ2n) is 6.64. The lowest BCUT2D eigenvalue weighted by atomic mass is 9.82. The Bertz CT molecular complexity index is 412. The van der Waals surface area contributed by atoms with E-state index in [1.165, 1.54) is 44.3 Å². The number of piperazine rings is 1. The fourth-order valence-corrected chi connectivity index (χ4v) is 3.92. The number of aromatic nitrogens is 1. The van der Waals surface area contributed by atoms with Crippen LogP contribution in [0.1, 0.15) is 44.2 Å². The highest BCUT2D eigenvalue weighted by Gasteiger charge is 2.28. The third-order valence-corrected chi connectivity index (χ3v) is 4.96. The van der Waals surface area contributed by atoms with E-state index in [4.69, 9.17) is 0 Å². The number of halogens is 1. The first-order valence-corrected chi connectivity index (χ1v) is 8.17.